The van der Waals surface area contributed by atoms with E-state index in [-0.39, 0.29) is 5.96 Å². The van der Waals surface area contributed by atoms with Gasteiger partial charge in [0.15, 0.2) is 0 Å². The van der Waals surface area contributed by atoms with Gasteiger partial charge >= 0.3 is 0 Å². The predicted molar refractivity (Wildman–Crippen MR) is 94.7 cm³/mol. The molecule has 1 heterocycles. The minimum atomic E-state index is -0.0390. The van der Waals surface area contributed by atoms with Crippen molar-refractivity contribution in [3.8, 4) is 11.3 Å². The number of hydrogen-bond donors (Lipinski definition) is 2. The molecule has 0 spiro atoms. The van der Waals surface area contributed by atoms with Gasteiger partial charge in [-0.1, -0.05) is 29.8 Å². The highest BCUT2D eigenvalue weighted by molar-refractivity contribution is 6.33. The van der Waals surface area contributed by atoms with Gasteiger partial charge in [0.05, 0.1) is 17.1 Å². The van der Waals surface area contributed by atoms with Gasteiger partial charge in [-0.15, -0.1) is 5.10 Å². The summed E-state index contributed by atoms with van der Waals surface area (Å²) in [4.78, 5) is 4.81. The van der Waals surface area contributed by atoms with Gasteiger partial charge < -0.3 is 11.5 Å². The maximum Gasteiger partial charge on any atom is 0.211 e. The SMILES string of the molecule is Cc1cc(-c2ccccc2Cl)nc2c1C(=NN=C(N)N)CCC2. The Labute approximate surface area is 140 Å². The van der Waals surface area contributed by atoms with Gasteiger partial charge in [-0.25, -0.2) is 0 Å². The second-order valence-electron chi connectivity index (χ2n) is 5.55. The Balaban J connectivity index is 2.11. The van der Waals surface area contributed by atoms with Crippen molar-refractivity contribution in [1.82, 2.24) is 4.98 Å². The lowest BCUT2D eigenvalue weighted by Gasteiger charge is -2.20. The number of aryl methyl sites for hydroxylation is 2. The van der Waals surface area contributed by atoms with E-state index in [1.807, 2.05) is 30.3 Å². The molecule has 0 saturated carbocycles. The van der Waals surface area contributed by atoms with Crippen LogP contribution in [-0.4, -0.2) is 16.7 Å². The highest BCUT2D eigenvalue weighted by Gasteiger charge is 2.21. The number of guanidine groups is 1. The van der Waals surface area contributed by atoms with Crippen LogP contribution in [-0.2, 0) is 6.42 Å². The molecule has 2 aromatic rings. The number of nitrogens with two attached hydrogens (primary N) is 2. The molecule has 5 nitrogen and oxygen atoms in total. The Kier molecular flexibility index (Phi) is 4.30. The monoisotopic (exact) mass is 327 g/mol. The van der Waals surface area contributed by atoms with Crippen molar-refractivity contribution in [2.45, 2.75) is 26.2 Å². The third-order valence-electron chi connectivity index (χ3n) is 3.84. The Morgan fingerprint density at radius 2 is 2.00 bits per heavy atom. The van der Waals surface area contributed by atoms with E-state index < -0.39 is 0 Å². The number of nitrogens with zero attached hydrogens (tertiary/aromatic N) is 3. The quantitative estimate of drug-likeness (QED) is 0.504. The van der Waals surface area contributed by atoms with Crippen LogP contribution in [0.5, 0.6) is 0 Å². The van der Waals surface area contributed by atoms with E-state index in [2.05, 4.69) is 17.1 Å². The first-order chi connectivity index (χ1) is 11.1. The molecule has 0 amide bonds. The first kappa shape index (κ1) is 15.5. The van der Waals surface area contributed by atoms with Crippen LogP contribution < -0.4 is 11.5 Å². The van der Waals surface area contributed by atoms with Gasteiger partial charge in [-0.05, 0) is 43.9 Å². The van der Waals surface area contributed by atoms with Crippen molar-refractivity contribution >= 4 is 23.3 Å². The molecule has 1 aromatic carbocycles. The van der Waals surface area contributed by atoms with Crippen LogP contribution in [0.3, 0.4) is 0 Å². The van der Waals surface area contributed by atoms with E-state index >= 15 is 0 Å². The average molecular weight is 328 g/mol. The summed E-state index contributed by atoms with van der Waals surface area (Å²) in [5, 5.41) is 8.69. The predicted octanol–water partition coefficient (Wildman–Crippen LogP) is 3.02. The van der Waals surface area contributed by atoms with Crippen LogP contribution in [0, 0.1) is 6.92 Å². The zero-order chi connectivity index (χ0) is 16.4. The maximum absolute atomic E-state index is 6.30. The van der Waals surface area contributed by atoms with Gasteiger partial charge in [0.25, 0.3) is 0 Å². The van der Waals surface area contributed by atoms with E-state index in [4.69, 9.17) is 28.1 Å². The summed E-state index contributed by atoms with van der Waals surface area (Å²) in [5.74, 6) is -0.0390. The molecule has 118 valence electrons. The topological polar surface area (TPSA) is 89.6 Å². The van der Waals surface area contributed by atoms with E-state index in [0.29, 0.717) is 5.02 Å². The molecule has 1 aliphatic carbocycles. The summed E-state index contributed by atoms with van der Waals surface area (Å²) in [5.41, 5.74) is 16.6. The Morgan fingerprint density at radius 3 is 2.74 bits per heavy atom. The molecular weight excluding hydrogens is 310 g/mol. The van der Waals surface area contributed by atoms with Crippen LogP contribution in [0.4, 0.5) is 0 Å². The second kappa shape index (κ2) is 6.38. The fourth-order valence-electron chi connectivity index (χ4n) is 2.89. The summed E-state index contributed by atoms with van der Waals surface area (Å²) < 4.78 is 0. The lowest BCUT2D eigenvalue weighted by molar-refractivity contribution is 0.803. The van der Waals surface area contributed by atoms with Crippen LogP contribution in [0.2, 0.25) is 5.02 Å². The third-order valence-corrected chi connectivity index (χ3v) is 4.17. The fourth-order valence-corrected chi connectivity index (χ4v) is 3.12. The smallest absolute Gasteiger partial charge is 0.211 e. The van der Waals surface area contributed by atoms with Gasteiger partial charge in [0.1, 0.15) is 0 Å². The van der Waals surface area contributed by atoms with Crippen molar-refractivity contribution in [3.05, 3.63) is 52.2 Å². The van der Waals surface area contributed by atoms with Crippen molar-refractivity contribution < 1.29 is 0 Å². The van der Waals surface area contributed by atoms with E-state index in [1.165, 1.54) is 0 Å². The summed E-state index contributed by atoms with van der Waals surface area (Å²) in [7, 11) is 0. The average Bonchev–Trinajstić information content (AvgIpc) is 2.53. The van der Waals surface area contributed by atoms with Crippen molar-refractivity contribution in [2.24, 2.45) is 21.7 Å². The second-order valence-corrected chi connectivity index (χ2v) is 5.96. The molecular formula is C17H18ClN5. The molecule has 0 radical (unpaired) electrons. The number of aromatic nitrogens is 1. The fraction of sp³-hybridized carbons (Fsp3) is 0.235. The Bertz CT molecular complexity index is 807. The number of pyridine rings is 1. The zero-order valence-electron chi connectivity index (χ0n) is 12.9. The molecule has 0 aliphatic heterocycles. The standard InChI is InChI=1S/C17H18ClN5/c1-10-9-15(11-5-2-3-6-12(11)18)21-13-7-4-8-14(16(10)13)22-23-17(19)20/h2-3,5-6,9H,4,7-8H2,1H3,(H4,19,20,23). The molecule has 3 rings (SSSR count). The summed E-state index contributed by atoms with van der Waals surface area (Å²) in [6.45, 7) is 2.05. The van der Waals surface area contributed by atoms with Gasteiger partial charge in [-0.3, -0.25) is 4.98 Å². The minimum absolute atomic E-state index is 0.0390. The molecule has 4 N–H and O–H groups in total. The summed E-state index contributed by atoms with van der Waals surface area (Å²) in [6.07, 6.45) is 2.73. The number of benzene rings is 1. The molecule has 23 heavy (non-hydrogen) atoms. The van der Waals surface area contributed by atoms with Crippen molar-refractivity contribution in [1.29, 1.82) is 0 Å². The van der Waals surface area contributed by atoms with Crippen molar-refractivity contribution in [3.63, 3.8) is 0 Å². The normalized spacial score (nSPS) is 15.3. The van der Waals surface area contributed by atoms with Crippen LogP contribution in [0.25, 0.3) is 11.3 Å². The van der Waals surface area contributed by atoms with Crippen LogP contribution >= 0.6 is 11.6 Å². The molecule has 6 heteroatoms. The molecule has 0 saturated heterocycles. The first-order valence-corrected chi connectivity index (χ1v) is 7.85. The zero-order valence-corrected chi connectivity index (χ0v) is 13.6. The molecule has 0 unspecified atom stereocenters. The molecule has 0 fully saturated rings. The lowest BCUT2D eigenvalue weighted by atomic mass is 9.90. The Morgan fingerprint density at radius 1 is 1.22 bits per heavy atom. The van der Waals surface area contributed by atoms with Gasteiger partial charge in [-0.2, -0.15) is 5.10 Å². The summed E-state index contributed by atoms with van der Waals surface area (Å²) >= 11 is 6.30. The minimum Gasteiger partial charge on any atom is -0.369 e. The van der Waals surface area contributed by atoms with Crippen LogP contribution in [0.1, 0.15) is 29.7 Å². The van der Waals surface area contributed by atoms with Crippen molar-refractivity contribution in [2.75, 3.05) is 0 Å². The number of halogens is 1. The highest BCUT2D eigenvalue weighted by atomic mass is 35.5. The lowest BCUT2D eigenvalue weighted by Crippen LogP contribution is -2.22. The van der Waals surface area contributed by atoms with E-state index in [0.717, 1.165) is 53.1 Å². The first-order valence-electron chi connectivity index (χ1n) is 7.47. The number of rotatable bonds is 2. The summed E-state index contributed by atoms with van der Waals surface area (Å²) in [6, 6.07) is 9.77. The van der Waals surface area contributed by atoms with Gasteiger partial charge in [0.2, 0.25) is 5.96 Å². The molecule has 1 aromatic heterocycles. The third kappa shape index (κ3) is 3.19. The highest BCUT2D eigenvalue weighted by Crippen LogP contribution is 2.31. The van der Waals surface area contributed by atoms with Gasteiger partial charge in [0, 0.05) is 16.1 Å². The maximum atomic E-state index is 6.30. The number of fused-ring (bicyclic) bond motifs is 1. The largest absolute Gasteiger partial charge is 0.369 e. The molecule has 0 bridgehead atoms. The number of hydrogen-bond acceptors (Lipinski definition) is 3. The van der Waals surface area contributed by atoms with E-state index in [9.17, 15) is 0 Å². The Hall–Kier alpha value is -2.40. The molecule has 1 aliphatic rings. The van der Waals surface area contributed by atoms with Crippen LogP contribution in [0.15, 0.2) is 40.5 Å². The molecule has 0 atom stereocenters. The van der Waals surface area contributed by atoms with E-state index in [1.54, 1.807) is 0 Å².